The maximum atomic E-state index is 12.4. The summed E-state index contributed by atoms with van der Waals surface area (Å²) in [7, 11) is 0. The van der Waals surface area contributed by atoms with E-state index in [0.29, 0.717) is 18.2 Å². The molecule has 0 saturated heterocycles. The SMILES string of the molecule is Cc1ccc2ccn(CC(=O)C3CCCCC3)c2c1. The van der Waals surface area contributed by atoms with E-state index in [-0.39, 0.29) is 0 Å². The van der Waals surface area contributed by atoms with Gasteiger partial charge in [-0.25, -0.2) is 0 Å². The Morgan fingerprint density at radius 1 is 1.21 bits per heavy atom. The van der Waals surface area contributed by atoms with Crippen molar-refractivity contribution < 1.29 is 4.79 Å². The molecular formula is C17H21NO. The monoisotopic (exact) mass is 255 g/mol. The number of carbonyl (C=O) groups excluding carboxylic acids is 1. The van der Waals surface area contributed by atoms with Crippen LogP contribution in [0.25, 0.3) is 10.9 Å². The Labute approximate surface area is 114 Å². The first-order valence-electron chi connectivity index (χ1n) is 7.32. The molecule has 0 spiro atoms. The molecule has 2 heteroatoms. The van der Waals surface area contributed by atoms with Crippen molar-refractivity contribution in [2.24, 2.45) is 5.92 Å². The number of benzene rings is 1. The van der Waals surface area contributed by atoms with Crippen molar-refractivity contribution in [3.63, 3.8) is 0 Å². The van der Waals surface area contributed by atoms with Crippen LogP contribution in [0, 0.1) is 12.8 Å². The summed E-state index contributed by atoms with van der Waals surface area (Å²) in [5.74, 6) is 0.717. The minimum absolute atomic E-state index is 0.302. The highest BCUT2D eigenvalue weighted by molar-refractivity contribution is 5.85. The molecule has 1 fully saturated rings. The van der Waals surface area contributed by atoms with Gasteiger partial charge in [-0.3, -0.25) is 4.79 Å². The minimum atomic E-state index is 0.302. The number of ketones is 1. The highest BCUT2D eigenvalue weighted by atomic mass is 16.1. The van der Waals surface area contributed by atoms with Gasteiger partial charge < -0.3 is 4.57 Å². The van der Waals surface area contributed by atoms with Gasteiger partial charge in [0.2, 0.25) is 0 Å². The smallest absolute Gasteiger partial charge is 0.155 e. The molecule has 1 aliphatic carbocycles. The summed E-state index contributed by atoms with van der Waals surface area (Å²) in [6.07, 6.45) is 7.98. The molecule has 2 nitrogen and oxygen atoms in total. The summed E-state index contributed by atoms with van der Waals surface area (Å²) >= 11 is 0. The lowest BCUT2D eigenvalue weighted by Crippen LogP contribution is -2.22. The van der Waals surface area contributed by atoms with Crippen molar-refractivity contribution in [3.8, 4) is 0 Å². The van der Waals surface area contributed by atoms with Crippen LogP contribution in [0.15, 0.2) is 30.5 Å². The molecule has 2 aromatic rings. The summed E-state index contributed by atoms with van der Waals surface area (Å²) in [6.45, 7) is 2.64. The third kappa shape index (κ3) is 2.58. The fraction of sp³-hybridized carbons (Fsp3) is 0.471. The first-order valence-corrected chi connectivity index (χ1v) is 7.32. The van der Waals surface area contributed by atoms with Gasteiger partial charge in [-0.1, -0.05) is 31.4 Å². The van der Waals surface area contributed by atoms with Crippen molar-refractivity contribution in [2.75, 3.05) is 0 Å². The van der Waals surface area contributed by atoms with Gasteiger partial charge in [-0.15, -0.1) is 0 Å². The summed E-state index contributed by atoms with van der Waals surface area (Å²) < 4.78 is 2.11. The Kier molecular flexibility index (Phi) is 3.41. The molecule has 1 heterocycles. The molecule has 1 aromatic carbocycles. The number of aromatic nitrogens is 1. The molecule has 1 aliphatic rings. The second-order valence-corrected chi connectivity index (χ2v) is 5.81. The summed E-state index contributed by atoms with van der Waals surface area (Å²) in [5, 5.41) is 1.22. The quantitative estimate of drug-likeness (QED) is 0.809. The Balaban J connectivity index is 1.80. The van der Waals surface area contributed by atoms with E-state index in [1.54, 1.807) is 0 Å². The zero-order valence-corrected chi connectivity index (χ0v) is 11.6. The molecule has 0 N–H and O–H groups in total. The lowest BCUT2D eigenvalue weighted by Gasteiger charge is -2.20. The van der Waals surface area contributed by atoms with E-state index >= 15 is 0 Å². The zero-order valence-electron chi connectivity index (χ0n) is 11.6. The summed E-state index contributed by atoms with van der Waals surface area (Å²) in [5.41, 5.74) is 2.43. The van der Waals surface area contributed by atoms with Gasteiger partial charge >= 0.3 is 0 Å². The average Bonchev–Trinajstić information content (AvgIpc) is 2.82. The second kappa shape index (κ2) is 5.20. The van der Waals surface area contributed by atoms with Gasteiger partial charge in [0.15, 0.2) is 5.78 Å². The Morgan fingerprint density at radius 2 is 2.00 bits per heavy atom. The Bertz CT molecular complexity index is 590. The third-order valence-corrected chi connectivity index (χ3v) is 4.32. The van der Waals surface area contributed by atoms with Crippen LogP contribution in [0.4, 0.5) is 0 Å². The van der Waals surface area contributed by atoms with Crippen LogP contribution in [-0.4, -0.2) is 10.4 Å². The number of hydrogen-bond acceptors (Lipinski definition) is 1. The van der Waals surface area contributed by atoms with E-state index in [1.807, 2.05) is 6.20 Å². The fourth-order valence-electron chi connectivity index (χ4n) is 3.15. The normalized spacial score (nSPS) is 16.9. The van der Waals surface area contributed by atoms with Crippen LogP contribution >= 0.6 is 0 Å². The Hall–Kier alpha value is -1.57. The second-order valence-electron chi connectivity index (χ2n) is 5.81. The third-order valence-electron chi connectivity index (χ3n) is 4.32. The number of aryl methyl sites for hydroxylation is 1. The number of hydrogen-bond donors (Lipinski definition) is 0. The molecule has 3 rings (SSSR count). The molecule has 1 saturated carbocycles. The predicted octanol–water partition coefficient (Wildman–Crippen LogP) is 4.10. The van der Waals surface area contributed by atoms with Gasteiger partial charge in [0.05, 0.1) is 6.54 Å². The molecule has 1 aromatic heterocycles. The van der Waals surface area contributed by atoms with Crippen LogP contribution in [0.5, 0.6) is 0 Å². The molecular weight excluding hydrogens is 234 g/mol. The van der Waals surface area contributed by atoms with Gasteiger partial charge in [0, 0.05) is 17.6 Å². The summed E-state index contributed by atoms with van der Waals surface area (Å²) in [6, 6.07) is 8.52. The molecule has 0 radical (unpaired) electrons. The van der Waals surface area contributed by atoms with Crippen molar-refractivity contribution in [1.29, 1.82) is 0 Å². The number of fused-ring (bicyclic) bond motifs is 1. The van der Waals surface area contributed by atoms with E-state index in [4.69, 9.17) is 0 Å². The van der Waals surface area contributed by atoms with Crippen LogP contribution in [0.1, 0.15) is 37.7 Å². The zero-order chi connectivity index (χ0) is 13.2. The summed E-state index contributed by atoms with van der Waals surface area (Å²) in [4.78, 5) is 12.4. The van der Waals surface area contributed by atoms with Crippen molar-refractivity contribution in [1.82, 2.24) is 4.57 Å². The molecule has 0 atom stereocenters. The largest absolute Gasteiger partial charge is 0.340 e. The highest BCUT2D eigenvalue weighted by Gasteiger charge is 2.21. The van der Waals surface area contributed by atoms with Crippen molar-refractivity contribution >= 4 is 16.7 Å². The maximum Gasteiger partial charge on any atom is 0.155 e. The molecule has 0 unspecified atom stereocenters. The standard InChI is InChI=1S/C17H21NO/c1-13-7-8-14-9-10-18(16(14)11-13)12-17(19)15-5-3-2-4-6-15/h7-11,15H,2-6,12H2,1H3. The van der Waals surface area contributed by atoms with Crippen LogP contribution in [0.2, 0.25) is 0 Å². The van der Waals surface area contributed by atoms with E-state index < -0.39 is 0 Å². The molecule has 0 aliphatic heterocycles. The number of rotatable bonds is 3. The first-order chi connectivity index (χ1) is 9.24. The molecule has 0 bridgehead atoms. The Morgan fingerprint density at radius 3 is 2.79 bits per heavy atom. The van der Waals surface area contributed by atoms with Crippen LogP contribution in [-0.2, 0) is 11.3 Å². The average molecular weight is 255 g/mol. The van der Waals surface area contributed by atoms with E-state index in [2.05, 4.69) is 35.8 Å². The number of nitrogens with zero attached hydrogens (tertiary/aromatic N) is 1. The molecule has 19 heavy (non-hydrogen) atoms. The van der Waals surface area contributed by atoms with E-state index in [0.717, 1.165) is 12.8 Å². The van der Waals surface area contributed by atoms with Gasteiger partial charge in [-0.2, -0.15) is 0 Å². The molecule has 100 valence electrons. The van der Waals surface area contributed by atoms with Crippen LogP contribution < -0.4 is 0 Å². The van der Waals surface area contributed by atoms with Crippen LogP contribution in [0.3, 0.4) is 0 Å². The van der Waals surface area contributed by atoms with Crippen molar-refractivity contribution in [2.45, 2.75) is 45.6 Å². The van der Waals surface area contributed by atoms with Crippen molar-refractivity contribution in [3.05, 3.63) is 36.0 Å². The van der Waals surface area contributed by atoms with E-state index in [9.17, 15) is 4.79 Å². The minimum Gasteiger partial charge on any atom is -0.340 e. The lowest BCUT2D eigenvalue weighted by atomic mass is 9.86. The van der Waals surface area contributed by atoms with E-state index in [1.165, 1.54) is 35.7 Å². The predicted molar refractivity (Wildman–Crippen MR) is 78.3 cm³/mol. The first kappa shape index (κ1) is 12.5. The maximum absolute atomic E-state index is 12.4. The van der Waals surface area contributed by atoms with Gasteiger partial charge in [0.25, 0.3) is 0 Å². The topological polar surface area (TPSA) is 22.0 Å². The van der Waals surface area contributed by atoms with Gasteiger partial charge in [0.1, 0.15) is 0 Å². The number of carbonyl (C=O) groups is 1. The number of Topliss-reactive ketones (excluding diaryl/α,β-unsaturated/α-hetero) is 1. The molecule has 0 amide bonds. The highest BCUT2D eigenvalue weighted by Crippen LogP contribution is 2.25. The van der Waals surface area contributed by atoms with Gasteiger partial charge in [-0.05, 0) is 42.8 Å². The fourth-order valence-corrected chi connectivity index (χ4v) is 3.15. The lowest BCUT2D eigenvalue weighted by molar-refractivity contribution is -0.124.